The van der Waals surface area contributed by atoms with Crippen LogP contribution in [0.25, 0.3) is 0 Å². The number of carbonyl (C=O) groups is 1. The fraction of sp³-hybridized carbons (Fsp3) is 0.600. The third kappa shape index (κ3) is 2.92. The van der Waals surface area contributed by atoms with E-state index in [9.17, 15) is 13.2 Å². The van der Waals surface area contributed by atoms with Gasteiger partial charge in [0.1, 0.15) is 23.0 Å². The van der Waals surface area contributed by atoms with E-state index in [1.54, 1.807) is 13.0 Å². The number of rotatable bonds is 3. The predicted molar refractivity (Wildman–Crippen MR) is 59.7 cm³/mol. The largest absolute Gasteiger partial charge is 0.361 e. The van der Waals surface area contributed by atoms with E-state index in [-0.39, 0.29) is 24.6 Å². The van der Waals surface area contributed by atoms with E-state index in [1.807, 2.05) is 0 Å². The van der Waals surface area contributed by atoms with Crippen LogP contribution in [0.15, 0.2) is 10.6 Å². The van der Waals surface area contributed by atoms with E-state index in [2.05, 4.69) is 5.16 Å². The van der Waals surface area contributed by atoms with Crippen molar-refractivity contribution in [2.24, 2.45) is 0 Å². The second-order valence-electron chi connectivity index (χ2n) is 4.12. The smallest absolute Gasteiger partial charge is 0.220 e. The van der Waals surface area contributed by atoms with E-state index >= 15 is 0 Å². The van der Waals surface area contributed by atoms with Gasteiger partial charge in [0.25, 0.3) is 0 Å². The highest BCUT2D eigenvalue weighted by Gasteiger charge is 2.27. The summed E-state index contributed by atoms with van der Waals surface area (Å²) >= 11 is 0. The topological polar surface area (TPSA) is 80.5 Å². The summed E-state index contributed by atoms with van der Waals surface area (Å²) in [6, 6.07) is 1.60. The number of piperidine rings is 1. The van der Waals surface area contributed by atoms with E-state index in [0.29, 0.717) is 24.3 Å². The van der Waals surface area contributed by atoms with Crippen LogP contribution in [0.5, 0.6) is 0 Å². The van der Waals surface area contributed by atoms with Gasteiger partial charge in [0, 0.05) is 32.0 Å². The van der Waals surface area contributed by atoms with Gasteiger partial charge in [0.2, 0.25) is 10.0 Å². The minimum Gasteiger partial charge on any atom is -0.361 e. The van der Waals surface area contributed by atoms with E-state index in [0.717, 1.165) is 0 Å². The van der Waals surface area contributed by atoms with E-state index < -0.39 is 10.0 Å². The van der Waals surface area contributed by atoms with Crippen LogP contribution in [0.4, 0.5) is 0 Å². The first-order valence-electron chi connectivity index (χ1n) is 5.39. The van der Waals surface area contributed by atoms with Gasteiger partial charge in [-0.05, 0) is 6.92 Å². The molecule has 1 aliphatic rings. The monoisotopic (exact) mass is 258 g/mol. The molecule has 0 aliphatic carbocycles. The van der Waals surface area contributed by atoms with Crippen LogP contribution in [0.2, 0.25) is 0 Å². The standard InChI is InChI=1S/C10H14N2O4S/c1-8-6-9(11-16-8)7-17(14,15)12-4-2-10(13)3-5-12/h6H,2-5,7H2,1H3. The highest BCUT2D eigenvalue weighted by Crippen LogP contribution is 2.15. The molecule has 0 radical (unpaired) electrons. The molecule has 1 saturated heterocycles. The average Bonchev–Trinajstić information content (AvgIpc) is 2.63. The average molecular weight is 258 g/mol. The summed E-state index contributed by atoms with van der Waals surface area (Å²) in [6.45, 7) is 2.26. The Morgan fingerprint density at radius 1 is 1.41 bits per heavy atom. The van der Waals surface area contributed by atoms with Crippen molar-refractivity contribution in [3.05, 3.63) is 17.5 Å². The molecule has 0 spiro atoms. The maximum Gasteiger partial charge on any atom is 0.220 e. The Hall–Kier alpha value is -1.21. The lowest BCUT2D eigenvalue weighted by Crippen LogP contribution is -2.39. The van der Waals surface area contributed by atoms with Gasteiger partial charge in [-0.25, -0.2) is 12.7 Å². The summed E-state index contributed by atoms with van der Waals surface area (Å²) < 4.78 is 30.2. The maximum absolute atomic E-state index is 12.0. The summed E-state index contributed by atoms with van der Waals surface area (Å²) in [4.78, 5) is 11.0. The molecule has 1 aromatic heterocycles. The first kappa shape index (κ1) is 12.3. The van der Waals surface area contributed by atoms with Crippen LogP contribution < -0.4 is 0 Å². The van der Waals surface area contributed by atoms with Crippen molar-refractivity contribution in [2.75, 3.05) is 13.1 Å². The van der Waals surface area contributed by atoms with Crippen LogP contribution in [-0.2, 0) is 20.6 Å². The highest BCUT2D eigenvalue weighted by molar-refractivity contribution is 7.88. The van der Waals surface area contributed by atoms with Gasteiger partial charge >= 0.3 is 0 Å². The summed E-state index contributed by atoms with van der Waals surface area (Å²) in [7, 11) is -3.39. The Morgan fingerprint density at radius 3 is 2.59 bits per heavy atom. The van der Waals surface area contributed by atoms with E-state index in [1.165, 1.54) is 4.31 Å². The van der Waals surface area contributed by atoms with Crippen molar-refractivity contribution in [1.82, 2.24) is 9.46 Å². The molecule has 2 rings (SSSR count). The number of aromatic nitrogens is 1. The molecule has 0 atom stereocenters. The normalized spacial score (nSPS) is 18.5. The quantitative estimate of drug-likeness (QED) is 0.787. The van der Waals surface area contributed by atoms with Gasteiger partial charge in [-0.2, -0.15) is 0 Å². The van der Waals surface area contributed by atoms with Crippen molar-refractivity contribution in [3.63, 3.8) is 0 Å². The molecule has 17 heavy (non-hydrogen) atoms. The number of aryl methyl sites for hydroxylation is 1. The lowest BCUT2D eigenvalue weighted by molar-refractivity contribution is -0.120. The maximum atomic E-state index is 12.0. The second kappa shape index (κ2) is 4.58. The number of sulfonamides is 1. The van der Waals surface area contributed by atoms with Crippen molar-refractivity contribution in [3.8, 4) is 0 Å². The first-order valence-corrected chi connectivity index (χ1v) is 7.00. The van der Waals surface area contributed by atoms with Crippen LogP contribution in [-0.4, -0.2) is 36.8 Å². The van der Waals surface area contributed by atoms with Gasteiger partial charge in [-0.1, -0.05) is 5.16 Å². The molecule has 1 fully saturated rings. The lowest BCUT2D eigenvalue weighted by Gasteiger charge is -2.24. The minimum atomic E-state index is -3.39. The molecule has 0 unspecified atom stereocenters. The predicted octanol–water partition coefficient (Wildman–Crippen LogP) is 0.478. The van der Waals surface area contributed by atoms with Crippen molar-refractivity contribution in [2.45, 2.75) is 25.5 Å². The summed E-state index contributed by atoms with van der Waals surface area (Å²) in [6.07, 6.45) is 0.605. The first-order chi connectivity index (χ1) is 7.97. The van der Waals surface area contributed by atoms with Gasteiger partial charge < -0.3 is 4.52 Å². The summed E-state index contributed by atoms with van der Waals surface area (Å²) in [5, 5.41) is 3.66. The van der Waals surface area contributed by atoms with Crippen LogP contribution >= 0.6 is 0 Å². The fourth-order valence-corrected chi connectivity index (χ4v) is 3.21. The molecule has 0 saturated carbocycles. The number of Topliss-reactive ketones (excluding diaryl/α,β-unsaturated/α-hetero) is 1. The molecule has 0 aromatic carbocycles. The van der Waals surface area contributed by atoms with Crippen LogP contribution in [0, 0.1) is 6.92 Å². The van der Waals surface area contributed by atoms with Gasteiger partial charge in [-0.15, -0.1) is 0 Å². The van der Waals surface area contributed by atoms with E-state index in [4.69, 9.17) is 4.52 Å². The molecule has 1 aliphatic heterocycles. The Labute approximate surface area is 99.6 Å². The molecule has 6 nitrogen and oxygen atoms in total. The molecule has 0 amide bonds. The highest BCUT2D eigenvalue weighted by atomic mass is 32.2. The molecule has 7 heteroatoms. The number of carbonyl (C=O) groups excluding carboxylic acids is 1. The molecule has 94 valence electrons. The van der Waals surface area contributed by atoms with Crippen molar-refractivity contribution in [1.29, 1.82) is 0 Å². The Kier molecular flexibility index (Phi) is 3.30. The molecule has 1 aromatic rings. The van der Waals surface area contributed by atoms with Crippen LogP contribution in [0.1, 0.15) is 24.3 Å². The molecular weight excluding hydrogens is 244 g/mol. The fourth-order valence-electron chi connectivity index (χ4n) is 1.78. The molecular formula is C10H14N2O4S. The number of nitrogens with zero attached hydrogens (tertiary/aromatic N) is 2. The number of hydrogen-bond acceptors (Lipinski definition) is 5. The van der Waals surface area contributed by atoms with Gasteiger partial charge in [0.15, 0.2) is 0 Å². The van der Waals surface area contributed by atoms with Gasteiger partial charge in [-0.3, -0.25) is 4.79 Å². The lowest BCUT2D eigenvalue weighted by atomic mass is 10.1. The molecule has 0 N–H and O–H groups in total. The molecule has 2 heterocycles. The Morgan fingerprint density at radius 2 is 2.06 bits per heavy atom. The minimum absolute atomic E-state index is 0.119. The second-order valence-corrected chi connectivity index (χ2v) is 6.09. The molecule has 0 bridgehead atoms. The SMILES string of the molecule is Cc1cc(CS(=O)(=O)N2CCC(=O)CC2)no1. The third-order valence-electron chi connectivity index (χ3n) is 2.68. The zero-order chi connectivity index (χ0) is 12.5. The Bertz CT molecular complexity index is 510. The zero-order valence-corrected chi connectivity index (χ0v) is 10.4. The number of ketones is 1. The van der Waals surface area contributed by atoms with Crippen molar-refractivity contribution < 1.29 is 17.7 Å². The third-order valence-corrected chi connectivity index (χ3v) is 4.49. The Balaban J connectivity index is 2.06. The summed E-state index contributed by atoms with van der Waals surface area (Å²) in [5.74, 6) is 0.538. The summed E-state index contributed by atoms with van der Waals surface area (Å²) in [5.41, 5.74) is 0.402. The van der Waals surface area contributed by atoms with Crippen molar-refractivity contribution >= 4 is 15.8 Å². The van der Waals surface area contributed by atoms with Gasteiger partial charge in [0.05, 0.1) is 0 Å². The number of hydrogen-bond donors (Lipinski definition) is 0. The van der Waals surface area contributed by atoms with Crippen LogP contribution in [0.3, 0.4) is 0 Å². The zero-order valence-electron chi connectivity index (χ0n) is 9.55.